The Labute approximate surface area is 126 Å². The van der Waals surface area contributed by atoms with Gasteiger partial charge in [0.2, 0.25) is 0 Å². The van der Waals surface area contributed by atoms with Gasteiger partial charge in [-0.1, -0.05) is 18.2 Å². The van der Waals surface area contributed by atoms with E-state index < -0.39 is 0 Å². The molecule has 1 fully saturated rings. The van der Waals surface area contributed by atoms with Crippen LogP contribution in [-0.4, -0.2) is 31.2 Å². The van der Waals surface area contributed by atoms with Gasteiger partial charge >= 0.3 is 0 Å². The minimum Gasteiger partial charge on any atom is -0.368 e. The van der Waals surface area contributed by atoms with Crippen molar-refractivity contribution in [3.63, 3.8) is 0 Å². The Balaban J connectivity index is 1.57. The summed E-state index contributed by atoms with van der Waals surface area (Å²) in [5.74, 6) is 0.0806. The van der Waals surface area contributed by atoms with Gasteiger partial charge in [-0.2, -0.15) is 0 Å². The van der Waals surface area contributed by atoms with E-state index in [0.29, 0.717) is 6.04 Å². The molecule has 114 valence electrons. The lowest BCUT2D eigenvalue weighted by molar-refractivity contribution is -0.125. The summed E-state index contributed by atoms with van der Waals surface area (Å²) >= 11 is 0. The van der Waals surface area contributed by atoms with E-state index in [1.165, 1.54) is 5.56 Å². The molecule has 0 unspecified atom stereocenters. The second-order valence-electron chi connectivity index (χ2n) is 6.13. The molecular formula is C17H24N2O2. The molecule has 4 nitrogen and oxygen atoms in total. The van der Waals surface area contributed by atoms with Gasteiger partial charge in [-0.3, -0.25) is 4.79 Å². The Morgan fingerprint density at radius 1 is 1.24 bits per heavy atom. The van der Waals surface area contributed by atoms with E-state index in [4.69, 9.17) is 10.5 Å². The number of nitrogens with zero attached hydrogens (tertiary/aromatic N) is 1. The molecule has 1 amide bonds. The molecule has 2 aliphatic rings. The molecule has 0 atom stereocenters. The smallest absolute Gasteiger partial charge is 0.252 e. The van der Waals surface area contributed by atoms with Crippen molar-refractivity contribution >= 4 is 11.6 Å². The third-order valence-corrected chi connectivity index (χ3v) is 4.57. The summed E-state index contributed by atoms with van der Waals surface area (Å²) in [6.45, 7) is 0.989. The van der Waals surface area contributed by atoms with Gasteiger partial charge in [0.05, 0.1) is 6.10 Å². The first-order valence-corrected chi connectivity index (χ1v) is 7.99. The van der Waals surface area contributed by atoms with Crippen molar-refractivity contribution in [3.05, 3.63) is 29.8 Å². The molecule has 4 heteroatoms. The van der Waals surface area contributed by atoms with Crippen LogP contribution in [0.25, 0.3) is 0 Å². The predicted molar refractivity (Wildman–Crippen MR) is 83.3 cm³/mol. The van der Waals surface area contributed by atoms with E-state index in [1.54, 1.807) is 0 Å². The molecule has 0 spiro atoms. The fourth-order valence-electron chi connectivity index (χ4n) is 3.32. The summed E-state index contributed by atoms with van der Waals surface area (Å²) in [5, 5.41) is 0. The number of anilines is 1. The highest BCUT2D eigenvalue weighted by Gasteiger charge is 2.24. The summed E-state index contributed by atoms with van der Waals surface area (Å²) in [6, 6.07) is 8.49. The molecule has 1 aromatic rings. The molecule has 1 aromatic carbocycles. The van der Waals surface area contributed by atoms with E-state index >= 15 is 0 Å². The molecule has 21 heavy (non-hydrogen) atoms. The number of hydrogen-bond acceptors (Lipinski definition) is 3. The first-order chi connectivity index (χ1) is 10.2. The Hall–Kier alpha value is -1.39. The average molecular weight is 288 g/mol. The number of carbonyl (C=O) groups is 1. The lowest BCUT2D eigenvalue weighted by atomic mass is 9.94. The number of aryl methyl sites for hydroxylation is 1. The molecular weight excluding hydrogens is 264 g/mol. The zero-order valence-electron chi connectivity index (χ0n) is 12.5. The Kier molecular flexibility index (Phi) is 4.56. The maximum Gasteiger partial charge on any atom is 0.252 e. The SMILES string of the molecule is NC1CCC(OCC(=O)N2CCCc3ccccc32)CC1. The normalized spacial score (nSPS) is 25.5. The van der Waals surface area contributed by atoms with Crippen LogP contribution in [-0.2, 0) is 16.0 Å². The van der Waals surface area contributed by atoms with E-state index in [9.17, 15) is 4.79 Å². The highest BCUT2D eigenvalue weighted by molar-refractivity contribution is 5.95. The quantitative estimate of drug-likeness (QED) is 0.928. The summed E-state index contributed by atoms with van der Waals surface area (Å²) in [7, 11) is 0. The van der Waals surface area contributed by atoms with Crippen LogP contribution >= 0.6 is 0 Å². The van der Waals surface area contributed by atoms with E-state index in [1.807, 2.05) is 23.1 Å². The number of ether oxygens (including phenoxy) is 1. The largest absolute Gasteiger partial charge is 0.368 e. The van der Waals surface area contributed by atoms with Gasteiger partial charge in [-0.15, -0.1) is 0 Å². The molecule has 1 saturated carbocycles. The van der Waals surface area contributed by atoms with Crippen LogP contribution in [0.2, 0.25) is 0 Å². The van der Waals surface area contributed by atoms with E-state index in [0.717, 1.165) is 50.8 Å². The average Bonchev–Trinajstić information content (AvgIpc) is 2.53. The monoisotopic (exact) mass is 288 g/mol. The summed E-state index contributed by atoms with van der Waals surface area (Å²) in [4.78, 5) is 14.3. The summed E-state index contributed by atoms with van der Waals surface area (Å²) < 4.78 is 5.81. The highest BCUT2D eigenvalue weighted by Crippen LogP contribution is 2.27. The van der Waals surface area contributed by atoms with Crippen LogP contribution in [0.3, 0.4) is 0 Å². The molecule has 3 rings (SSSR count). The van der Waals surface area contributed by atoms with Gasteiger partial charge in [0, 0.05) is 18.3 Å². The molecule has 1 heterocycles. The highest BCUT2D eigenvalue weighted by atomic mass is 16.5. The number of carbonyl (C=O) groups excluding carboxylic acids is 1. The standard InChI is InChI=1S/C17H24N2O2/c18-14-7-9-15(10-8-14)21-12-17(20)19-11-3-5-13-4-1-2-6-16(13)19/h1-2,4,6,14-15H,3,5,7-12,18H2. The van der Waals surface area contributed by atoms with Crippen molar-refractivity contribution in [2.45, 2.75) is 50.7 Å². The summed E-state index contributed by atoms with van der Waals surface area (Å²) in [6.07, 6.45) is 6.25. The van der Waals surface area contributed by atoms with Crippen molar-refractivity contribution in [2.75, 3.05) is 18.1 Å². The minimum absolute atomic E-state index is 0.0806. The van der Waals surface area contributed by atoms with Crippen molar-refractivity contribution in [1.29, 1.82) is 0 Å². The molecule has 1 aliphatic carbocycles. The lowest BCUT2D eigenvalue weighted by Gasteiger charge is -2.31. The summed E-state index contributed by atoms with van der Waals surface area (Å²) in [5.41, 5.74) is 8.22. The fraction of sp³-hybridized carbons (Fsp3) is 0.588. The number of rotatable bonds is 3. The molecule has 0 saturated heterocycles. The van der Waals surface area contributed by atoms with Crippen molar-refractivity contribution < 1.29 is 9.53 Å². The zero-order chi connectivity index (χ0) is 14.7. The number of para-hydroxylation sites is 1. The molecule has 0 radical (unpaired) electrons. The second kappa shape index (κ2) is 6.58. The number of hydrogen-bond donors (Lipinski definition) is 1. The minimum atomic E-state index is 0.0806. The van der Waals surface area contributed by atoms with Gasteiger partial charge in [0.25, 0.3) is 5.91 Å². The van der Waals surface area contributed by atoms with Crippen LogP contribution in [0.15, 0.2) is 24.3 Å². The fourth-order valence-corrected chi connectivity index (χ4v) is 3.32. The molecule has 2 N–H and O–H groups in total. The third-order valence-electron chi connectivity index (χ3n) is 4.57. The van der Waals surface area contributed by atoms with Gasteiger partial charge in [-0.05, 0) is 50.2 Å². The van der Waals surface area contributed by atoms with Gasteiger partial charge in [0.15, 0.2) is 0 Å². The van der Waals surface area contributed by atoms with Crippen LogP contribution in [0.5, 0.6) is 0 Å². The molecule has 1 aliphatic heterocycles. The van der Waals surface area contributed by atoms with Crippen LogP contribution in [0.1, 0.15) is 37.7 Å². The van der Waals surface area contributed by atoms with Crippen molar-refractivity contribution in [2.24, 2.45) is 5.73 Å². The first-order valence-electron chi connectivity index (χ1n) is 7.99. The number of fused-ring (bicyclic) bond motifs is 1. The predicted octanol–water partition coefficient (Wildman–Crippen LogP) is 2.25. The third kappa shape index (κ3) is 3.44. The zero-order valence-corrected chi connectivity index (χ0v) is 12.5. The Morgan fingerprint density at radius 3 is 2.81 bits per heavy atom. The van der Waals surface area contributed by atoms with Crippen LogP contribution in [0, 0.1) is 0 Å². The van der Waals surface area contributed by atoms with E-state index in [2.05, 4.69) is 6.07 Å². The number of amides is 1. The van der Waals surface area contributed by atoms with Crippen LogP contribution < -0.4 is 10.6 Å². The molecule has 0 aromatic heterocycles. The molecule has 0 bridgehead atoms. The number of nitrogens with two attached hydrogens (primary N) is 1. The van der Waals surface area contributed by atoms with Crippen molar-refractivity contribution in [1.82, 2.24) is 0 Å². The second-order valence-corrected chi connectivity index (χ2v) is 6.13. The van der Waals surface area contributed by atoms with Gasteiger partial charge in [-0.25, -0.2) is 0 Å². The first kappa shape index (κ1) is 14.5. The maximum absolute atomic E-state index is 12.4. The number of benzene rings is 1. The van der Waals surface area contributed by atoms with E-state index in [-0.39, 0.29) is 18.6 Å². The topological polar surface area (TPSA) is 55.6 Å². The Bertz CT molecular complexity index is 495. The van der Waals surface area contributed by atoms with Crippen LogP contribution in [0.4, 0.5) is 5.69 Å². The maximum atomic E-state index is 12.4. The van der Waals surface area contributed by atoms with Gasteiger partial charge in [0.1, 0.15) is 6.61 Å². The van der Waals surface area contributed by atoms with Crippen molar-refractivity contribution in [3.8, 4) is 0 Å². The van der Waals surface area contributed by atoms with Gasteiger partial charge < -0.3 is 15.4 Å². The lowest BCUT2D eigenvalue weighted by Crippen LogP contribution is -2.39. The Morgan fingerprint density at radius 2 is 2.00 bits per heavy atom.